The van der Waals surface area contributed by atoms with Crippen molar-refractivity contribution in [3.63, 3.8) is 0 Å². The number of halogens is 2. The van der Waals surface area contributed by atoms with E-state index < -0.39 is 17.5 Å². The maximum Gasteiger partial charge on any atom is 0.274 e. The van der Waals surface area contributed by atoms with E-state index in [1.807, 2.05) is 13.8 Å². The quantitative estimate of drug-likeness (QED) is 0.682. The molecule has 8 heteroatoms. The fraction of sp³-hybridized carbons (Fsp3) is 0.318. The van der Waals surface area contributed by atoms with Crippen LogP contribution in [0.1, 0.15) is 37.2 Å². The molecule has 0 aliphatic carbocycles. The Morgan fingerprint density at radius 3 is 2.80 bits per heavy atom. The van der Waals surface area contributed by atoms with E-state index in [0.717, 1.165) is 12.3 Å². The smallest absolute Gasteiger partial charge is 0.274 e. The highest BCUT2D eigenvalue weighted by Crippen LogP contribution is 2.33. The summed E-state index contributed by atoms with van der Waals surface area (Å²) in [5, 5.41) is 3.37. The summed E-state index contributed by atoms with van der Waals surface area (Å²) in [6.07, 6.45) is 3.72. The molecule has 0 saturated carbocycles. The minimum atomic E-state index is -0.566. The number of carbonyl (C=O) groups is 1. The number of fused-ring (bicyclic) bond motifs is 1. The van der Waals surface area contributed by atoms with Gasteiger partial charge in [-0.3, -0.25) is 4.79 Å². The van der Waals surface area contributed by atoms with Crippen molar-refractivity contribution in [2.45, 2.75) is 38.4 Å². The van der Waals surface area contributed by atoms with Crippen LogP contribution in [0.2, 0.25) is 0 Å². The van der Waals surface area contributed by atoms with Gasteiger partial charge in [0, 0.05) is 24.7 Å². The second-order valence-corrected chi connectivity index (χ2v) is 7.83. The standard InChI is InChI=1S/C22H21F2N3O3/c1-22(2)11-16(6-8-29-22)30-21-19-13(5-7-25-21)9-15(10-17(19)24)27-20(28)18-4-3-14(23)12-26-18/h3-5,7,9-10,12,16H,6,8,11H2,1-2H3,(H,27,28). The topological polar surface area (TPSA) is 73.3 Å². The first kappa shape index (κ1) is 20.2. The summed E-state index contributed by atoms with van der Waals surface area (Å²) in [6, 6.07) is 6.86. The van der Waals surface area contributed by atoms with E-state index >= 15 is 0 Å². The zero-order valence-corrected chi connectivity index (χ0v) is 16.6. The van der Waals surface area contributed by atoms with Crippen LogP contribution in [-0.4, -0.2) is 34.2 Å². The molecule has 156 valence electrons. The van der Waals surface area contributed by atoms with Gasteiger partial charge in [-0.2, -0.15) is 0 Å². The van der Waals surface area contributed by atoms with Crippen molar-refractivity contribution in [3.8, 4) is 5.88 Å². The Bertz CT molecular complexity index is 1090. The third-order valence-corrected chi connectivity index (χ3v) is 4.93. The number of anilines is 1. The van der Waals surface area contributed by atoms with Crippen molar-refractivity contribution in [3.05, 3.63) is 60.1 Å². The number of hydrogen-bond donors (Lipinski definition) is 1. The number of ether oxygens (including phenoxy) is 2. The molecule has 30 heavy (non-hydrogen) atoms. The lowest BCUT2D eigenvalue weighted by molar-refractivity contribution is -0.0901. The lowest BCUT2D eigenvalue weighted by Gasteiger charge is -2.35. The molecule has 1 fully saturated rings. The zero-order chi connectivity index (χ0) is 21.3. The average Bonchev–Trinajstić information content (AvgIpc) is 2.67. The van der Waals surface area contributed by atoms with Gasteiger partial charge in [0.1, 0.15) is 23.4 Å². The summed E-state index contributed by atoms with van der Waals surface area (Å²) in [5.74, 6) is -1.46. The van der Waals surface area contributed by atoms with Crippen molar-refractivity contribution in [2.24, 2.45) is 0 Å². The maximum atomic E-state index is 15.0. The molecule has 1 aliphatic heterocycles. The molecule has 1 aromatic carbocycles. The van der Waals surface area contributed by atoms with Crippen LogP contribution in [0.5, 0.6) is 5.88 Å². The molecule has 3 aromatic rings. The van der Waals surface area contributed by atoms with Crippen molar-refractivity contribution in [1.29, 1.82) is 0 Å². The van der Waals surface area contributed by atoms with Crippen LogP contribution in [0.4, 0.5) is 14.5 Å². The number of benzene rings is 1. The fourth-order valence-corrected chi connectivity index (χ4v) is 3.54. The SMILES string of the molecule is CC1(C)CC(Oc2nccc3cc(NC(=O)c4ccc(F)cn4)cc(F)c23)CCO1. The zero-order valence-electron chi connectivity index (χ0n) is 16.6. The van der Waals surface area contributed by atoms with Gasteiger partial charge in [-0.05, 0) is 49.6 Å². The Balaban J connectivity index is 1.58. The Morgan fingerprint density at radius 2 is 2.07 bits per heavy atom. The molecular formula is C22H21F2N3O3. The van der Waals surface area contributed by atoms with Crippen LogP contribution >= 0.6 is 0 Å². The maximum absolute atomic E-state index is 15.0. The number of hydrogen-bond acceptors (Lipinski definition) is 5. The first-order valence-corrected chi connectivity index (χ1v) is 9.62. The lowest BCUT2D eigenvalue weighted by Crippen LogP contribution is -2.39. The minimum absolute atomic E-state index is 0.0257. The normalized spacial score (nSPS) is 18.2. The van der Waals surface area contributed by atoms with Crippen LogP contribution in [0.25, 0.3) is 10.8 Å². The van der Waals surface area contributed by atoms with E-state index in [2.05, 4.69) is 15.3 Å². The van der Waals surface area contributed by atoms with E-state index in [9.17, 15) is 13.6 Å². The highest BCUT2D eigenvalue weighted by Gasteiger charge is 2.30. The molecule has 1 N–H and O–H groups in total. The van der Waals surface area contributed by atoms with Crippen LogP contribution in [0.15, 0.2) is 42.7 Å². The largest absolute Gasteiger partial charge is 0.474 e. The molecule has 1 aliphatic rings. The van der Waals surface area contributed by atoms with Gasteiger partial charge in [0.2, 0.25) is 5.88 Å². The summed E-state index contributed by atoms with van der Waals surface area (Å²) in [4.78, 5) is 20.2. The number of aromatic nitrogens is 2. The molecule has 3 heterocycles. The molecule has 1 unspecified atom stereocenters. The van der Waals surface area contributed by atoms with Gasteiger partial charge < -0.3 is 14.8 Å². The Hall–Kier alpha value is -3.13. The third kappa shape index (κ3) is 4.38. The van der Waals surface area contributed by atoms with Gasteiger partial charge >= 0.3 is 0 Å². The lowest BCUT2D eigenvalue weighted by atomic mass is 9.96. The number of rotatable bonds is 4. The molecule has 0 radical (unpaired) electrons. The number of amides is 1. The third-order valence-electron chi connectivity index (χ3n) is 4.93. The summed E-state index contributed by atoms with van der Waals surface area (Å²) in [5.41, 5.74) is -0.0315. The molecule has 6 nitrogen and oxygen atoms in total. The number of nitrogens with one attached hydrogen (secondary N) is 1. The van der Waals surface area contributed by atoms with Crippen LogP contribution < -0.4 is 10.1 Å². The summed E-state index contributed by atoms with van der Waals surface area (Å²) < 4.78 is 39.7. The Labute approximate surface area is 172 Å². The highest BCUT2D eigenvalue weighted by molar-refractivity contribution is 6.04. The Kier molecular flexibility index (Phi) is 5.34. The molecule has 0 spiro atoms. The number of carbonyl (C=O) groups excluding carboxylic acids is 1. The van der Waals surface area contributed by atoms with Crippen LogP contribution in [-0.2, 0) is 4.74 Å². The molecule has 1 atom stereocenters. The van der Waals surface area contributed by atoms with Gasteiger partial charge in [-0.1, -0.05) is 0 Å². The first-order valence-electron chi connectivity index (χ1n) is 9.62. The van der Waals surface area contributed by atoms with Crippen molar-refractivity contribution in [2.75, 3.05) is 11.9 Å². The second-order valence-electron chi connectivity index (χ2n) is 7.83. The van der Waals surface area contributed by atoms with E-state index in [0.29, 0.717) is 24.8 Å². The first-order chi connectivity index (χ1) is 14.3. The molecular weight excluding hydrogens is 392 g/mol. The predicted molar refractivity (Wildman–Crippen MR) is 108 cm³/mol. The van der Waals surface area contributed by atoms with Crippen molar-refractivity contribution in [1.82, 2.24) is 9.97 Å². The van der Waals surface area contributed by atoms with E-state index in [4.69, 9.17) is 9.47 Å². The van der Waals surface area contributed by atoms with Crippen LogP contribution in [0.3, 0.4) is 0 Å². The summed E-state index contributed by atoms with van der Waals surface area (Å²) in [7, 11) is 0. The molecule has 2 aromatic heterocycles. The number of pyridine rings is 2. The van der Waals surface area contributed by atoms with Gasteiger partial charge in [0.15, 0.2) is 0 Å². The van der Waals surface area contributed by atoms with E-state index in [-0.39, 0.29) is 34.4 Å². The molecule has 4 rings (SSSR count). The van der Waals surface area contributed by atoms with Crippen molar-refractivity contribution >= 4 is 22.4 Å². The van der Waals surface area contributed by atoms with E-state index in [1.54, 1.807) is 12.1 Å². The summed E-state index contributed by atoms with van der Waals surface area (Å²) >= 11 is 0. The second kappa shape index (κ2) is 7.95. The molecule has 1 saturated heterocycles. The average molecular weight is 413 g/mol. The number of nitrogens with zero attached hydrogens (tertiary/aromatic N) is 2. The predicted octanol–water partition coefficient (Wildman–Crippen LogP) is 4.50. The van der Waals surface area contributed by atoms with Crippen LogP contribution in [0, 0.1) is 11.6 Å². The van der Waals surface area contributed by atoms with Gasteiger partial charge in [0.25, 0.3) is 5.91 Å². The van der Waals surface area contributed by atoms with Gasteiger partial charge in [-0.25, -0.2) is 18.7 Å². The minimum Gasteiger partial charge on any atom is -0.474 e. The van der Waals surface area contributed by atoms with Gasteiger partial charge in [-0.15, -0.1) is 0 Å². The van der Waals surface area contributed by atoms with Crippen molar-refractivity contribution < 1.29 is 23.0 Å². The fourth-order valence-electron chi connectivity index (χ4n) is 3.54. The van der Waals surface area contributed by atoms with Gasteiger partial charge in [0.05, 0.1) is 23.8 Å². The van der Waals surface area contributed by atoms with E-state index in [1.165, 1.54) is 18.3 Å². The molecule has 1 amide bonds. The highest BCUT2D eigenvalue weighted by atomic mass is 19.1. The monoisotopic (exact) mass is 413 g/mol. The summed E-state index contributed by atoms with van der Waals surface area (Å²) in [6.45, 7) is 4.55. The molecule has 0 bridgehead atoms. The Morgan fingerprint density at radius 1 is 1.23 bits per heavy atom.